The Morgan fingerprint density at radius 2 is 2.00 bits per heavy atom. The van der Waals surface area contributed by atoms with Crippen LogP contribution in [0, 0.1) is 0 Å². The highest BCUT2D eigenvalue weighted by atomic mass is 19.1. The van der Waals surface area contributed by atoms with E-state index >= 15 is 4.39 Å². The molecule has 0 unspecified atom stereocenters. The number of nitrogens with zero attached hydrogens (tertiary/aromatic N) is 3. The zero-order valence-corrected chi connectivity index (χ0v) is 22.2. The van der Waals surface area contributed by atoms with E-state index in [0.29, 0.717) is 12.0 Å². The molecule has 4 rings (SSSR count). The Hall–Kier alpha value is -2.99. The Morgan fingerprint density at radius 3 is 2.63 bits per heavy atom. The minimum atomic E-state index is -0.348. The van der Waals surface area contributed by atoms with Gasteiger partial charge in [0.15, 0.2) is 5.82 Å². The van der Waals surface area contributed by atoms with Gasteiger partial charge in [0.2, 0.25) is 0 Å². The van der Waals surface area contributed by atoms with Crippen molar-refractivity contribution in [2.75, 3.05) is 13.7 Å². The van der Waals surface area contributed by atoms with Crippen LogP contribution in [0.25, 0.3) is 17.3 Å². The van der Waals surface area contributed by atoms with Crippen molar-refractivity contribution in [3.8, 4) is 0 Å². The van der Waals surface area contributed by atoms with E-state index in [4.69, 9.17) is 4.74 Å². The van der Waals surface area contributed by atoms with Gasteiger partial charge in [0.1, 0.15) is 11.7 Å². The molecule has 6 heteroatoms. The minimum absolute atomic E-state index is 0.192. The second kappa shape index (κ2) is 11.6. The summed E-state index contributed by atoms with van der Waals surface area (Å²) in [6, 6.07) is 6.15. The second-order valence-electron chi connectivity index (χ2n) is 9.37. The lowest BCUT2D eigenvalue weighted by Gasteiger charge is -2.32. The van der Waals surface area contributed by atoms with Crippen LogP contribution in [0.5, 0.6) is 0 Å². The van der Waals surface area contributed by atoms with Gasteiger partial charge in [-0.1, -0.05) is 51.1 Å². The highest BCUT2D eigenvalue weighted by molar-refractivity contribution is 5.92. The van der Waals surface area contributed by atoms with Crippen molar-refractivity contribution in [3.63, 3.8) is 0 Å². The number of halogens is 1. The largest absolute Gasteiger partial charge is 0.385 e. The van der Waals surface area contributed by atoms with Crippen LogP contribution in [0.1, 0.15) is 82.7 Å². The molecule has 0 radical (unpaired) electrons. The average Bonchev–Trinajstić information content (AvgIpc) is 3.49. The normalized spacial score (nSPS) is 16.5. The van der Waals surface area contributed by atoms with Crippen LogP contribution in [0.4, 0.5) is 4.39 Å². The summed E-state index contributed by atoms with van der Waals surface area (Å²) < 4.78 is 22.3. The molecule has 1 aliphatic carbocycles. The molecule has 0 spiro atoms. The fourth-order valence-electron chi connectivity index (χ4n) is 4.49. The zero-order chi connectivity index (χ0) is 25.6. The predicted molar refractivity (Wildman–Crippen MR) is 143 cm³/mol. The first kappa shape index (κ1) is 26.6. The monoisotopic (exact) mass is 478 g/mol. The van der Waals surface area contributed by atoms with Gasteiger partial charge in [-0.2, -0.15) is 0 Å². The van der Waals surface area contributed by atoms with Gasteiger partial charge < -0.3 is 10.1 Å². The molecular weight excluding hydrogens is 439 g/mol. The van der Waals surface area contributed by atoms with E-state index in [1.165, 1.54) is 5.56 Å². The number of aromatic nitrogens is 3. The Kier molecular flexibility index (Phi) is 8.84. The molecule has 0 bridgehead atoms. The Bertz CT molecular complexity index is 1170. The van der Waals surface area contributed by atoms with E-state index in [-0.39, 0.29) is 11.4 Å². The zero-order valence-electron chi connectivity index (χ0n) is 22.2. The van der Waals surface area contributed by atoms with Gasteiger partial charge in [-0.05, 0) is 68.4 Å². The van der Waals surface area contributed by atoms with Crippen molar-refractivity contribution in [1.29, 1.82) is 0 Å². The number of ether oxygens (including phenoxy) is 1. The van der Waals surface area contributed by atoms with Crippen molar-refractivity contribution in [3.05, 3.63) is 76.3 Å². The maximum absolute atomic E-state index is 15.6. The molecule has 1 aromatic heterocycles. The quantitative estimate of drug-likeness (QED) is 0.443. The van der Waals surface area contributed by atoms with E-state index in [9.17, 15) is 0 Å². The smallest absolute Gasteiger partial charge is 0.162 e. The number of methoxy groups -OCH3 is 1. The topological polar surface area (TPSA) is 52.0 Å². The van der Waals surface area contributed by atoms with Crippen LogP contribution in [0.3, 0.4) is 0 Å². The van der Waals surface area contributed by atoms with Crippen molar-refractivity contribution in [2.24, 2.45) is 0 Å². The van der Waals surface area contributed by atoms with Crippen molar-refractivity contribution >= 4 is 17.3 Å². The molecule has 188 valence electrons. The fraction of sp³-hybridized carbons (Fsp3) is 0.448. The number of allylic oxidation sites excluding steroid dienone is 6. The summed E-state index contributed by atoms with van der Waals surface area (Å²) in [5, 5.41) is 12.3. The summed E-state index contributed by atoms with van der Waals surface area (Å²) in [6.45, 7) is 13.1. The standard InChI is InChI=1S/C25H29FN4.C4H10O/c1-6-10-20(26)23(19-14-9-12-17-11-8-13-18(17)19)16(3)21-15-27-25(4,5)24-29-28-22(7-2)30(21)24;1-3-4-5-2/h8-10,12-15,27H,6-7,11H2,1-5H3;3-4H2,1-2H3/b20-10+,23-16-;. The molecule has 2 aliphatic rings. The SMILES string of the molecule is CC/C=C(F)\C(=C(\C)C1=CNC(C)(C)c2nnc(CC)n21)c1cccc2c1C=CC2.CCCOC. The highest BCUT2D eigenvalue weighted by Gasteiger charge is 2.33. The molecule has 0 atom stereocenters. The lowest BCUT2D eigenvalue weighted by atomic mass is 9.90. The number of hydrogen-bond acceptors (Lipinski definition) is 4. The van der Waals surface area contributed by atoms with Crippen molar-refractivity contribution < 1.29 is 9.13 Å². The number of rotatable bonds is 7. The van der Waals surface area contributed by atoms with Crippen molar-refractivity contribution in [1.82, 2.24) is 20.1 Å². The predicted octanol–water partition coefficient (Wildman–Crippen LogP) is 6.83. The number of benzene rings is 1. The van der Waals surface area contributed by atoms with Crippen molar-refractivity contribution in [2.45, 2.75) is 72.8 Å². The summed E-state index contributed by atoms with van der Waals surface area (Å²) >= 11 is 0. The molecule has 0 saturated heterocycles. The first-order valence-electron chi connectivity index (χ1n) is 12.6. The van der Waals surface area contributed by atoms with Crippen LogP contribution < -0.4 is 5.32 Å². The number of nitrogens with one attached hydrogen (secondary N) is 1. The molecule has 35 heavy (non-hydrogen) atoms. The van der Waals surface area contributed by atoms with E-state index in [1.54, 1.807) is 13.2 Å². The minimum Gasteiger partial charge on any atom is -0.385 e. The molecule has 2 heterocycles. The van der Waals surface area contributed by atoms with E-state index in [2.05, 4.69) is 66.0 Å². The van der Waals surface area contributed by atoms with Gasteiger partial charge in [0, 0.05) is 31.9 Å². The molecule has 0 fully saturated rings. The summed E-state index contributed by atoms with van der Waals surface area (Å²) in [5.74, 6) is 1.53. The number of hydrogen-bond donors (Lipinski definition) is 1. The third-order valence-corrected chi connectivity index (χ3v) is 6.29. The van der Waals surface area contributed by atoms with Gasteiger partial charge in [-0.25, -0.2) is 4.39 Å². The Morgan fingerprint density at radius 1 is 1.23 bits per heavy atom. The van der Waals surface area contributed by atoms with Crippen LogP contribution in [0.2, 0.25) is 0 Å². The maximum atomic E-state index is 15.6. The summed E-state index contributed by atoms with van der Waals surface area (Å²) in [5.41, 5.74) is 5.31. The van der Waals surface area contributed by atoms with Crippen LogP contribution in [0.15, 0.2) is 48.0 Å². The maximum Gasteiger partial charge on any atom is 0.162 e. The fourth-order valence-corrected chi connectivity index (χ4v) is 4.49. The average molecular weight is 479 g/mol. The summed E-state index contributed by atoms with van der Waals surface area (Å²) in [4.78, 5) is 0. The molecule has 1 aliphatic heterocycles. The summed E-state index contributed by atoms with van der Waals surface area (Å²) in [7, 11) is 1.71. The third-order valence-electron chi connectivity index (χ3n) is 6.29. The lowest BCUT2D eigenvalue weighted by molar-refractivity contribution is 0.199. The lowest BCUT2D eigenvalue weighted by Crippen LogP contribution is -2.39. The number of fused-ring (bicyclic) bond motifs is 2. The van der Waals surface area contributed by atoms with E-state index in [0.717, 1.165) is 59.9 Å². The summed E-state index contributed by atoms with van der Waals surface area (Å²) in [6.07, 6.45) is 11.3. The first-order chi connectivity index (χ1) is 16.8. The number of aryl methyl sites for hydroxylation is 1. The molecule has 2 aromatic rings. The van der Waals surface area contributed by atoms with Crippen LogP contribution in [-0.2, 0) is 23.1 Å². The molecule has 1 aromatic carbocycles. The molecule has 1 N–H and O–H groups in total. The van der Waals surface area contributed by atoms with Gasteiger partial charge in [0.25, 0.3) is 0 Å². The van der Waals surface area contributed by atoms with Gasteiger partial charge in [-0.3, -0.25) is 4.57 Å². The molecule has 5 nitrogen and oxygen atoms in total. The van der Waals surface area contributed by atoms with Gasteiger partial charge in [0.05, 0.1) is 11.2 Å². The highest BCUT2D eigenvalue weighted by Crippen LogP contribution is 2.40. The van der Waals surface area contributed by atoms with E-state index < -0.39 is 0 Å². The molecule has 0 amide bonds. The van der Waals surface area contributed by atoms with Gasteiger partial charge in [-0.15, -0.1) is 10.2 Å². The second-order valence-corrected chi connectivity index (χ2v) is 9.37. The van der Waals surface area contributed by atoms with Gasteiger partial charge >= 0.3 is 0 Å². The van der Waals surface area contributed by atoms with Crippen LogP contribution in [-0.4, -0.2) is 28.5 Å². The van der Waals surface area contributed by atoms with E-state index in [1.807, 2.05) is 32.2 Å². The third kappa shape index (κ3) is 5.48. The Balaban J connectivity index is 0.000000623. The molecule has 0 saturated carbocycles. The van der Waals surface area contributed by atoms with Crippen LogP contribution >= 0.6 is 0 Å². The molecular formula is C29H39FN4O. The Labute approximate surface area is 209 Å². The first-order valence-corrected chi connectivity index (χ1v) is 12.6.